The average Bonchev–Trinajstić information content (AvgIpc) is 2.73. The molecule has 0 amide bonds. The fourth-order valence-corrected chi connectivity index (χ4v) is 2.43. The van der Waals surface area contributed by atoms with E-state index in [0.29, 0.717) is 6.54 Å². The monoisotopic (exact) mass is 220 g/mol. The quantitative estimate of drug-likeness (QED) is 0.778. The number of aromatic nitrogens is 1. The summed E-state index contributed by atoms with van der Waals surface area (Å²) < 4.78 is 1.84. The maximum atomic E-state index is 12.0. The third-order valence-corrected chi connectivity index (χ3v) is 3.31. The summed E-state index contributed by atoms with van der Waals surface area (Å²) in [7, 11) is 1.90. The van der Waals surface area contributed by atoms with Gasteiger partial charge in [0.1, 0.15) is 0 Å². The summed E-state index contributed by atoms with van der Waals surface area (Å²) in [6.07, 6.45) is 4.48. The third kappa shape index (κ3) is 2.05. The summed E-state index contributed by atoms with van der Waals surface area (Å²) in [4.78, 5) is 12.0. The molecule has 0 unspecified atom stereocenters. The molecule has 3 heteroatoms. The summed E-state index contributed by atoms with van der Waals surface area (Å²) in [5.41, 5.74) is 3.69. The molecule has 0 saturated carbocycles. The van der Waals surface area contributed by atoms with Gasteiger partial charge < -0.3 is 9.88 Å². The van der Waals surface area contributed by atoms with Crippen molar-refractivity contribution in [3.63, 3.8) is 0 Å². The molecular weight excluding hydrogens is 200 g/mol. The molecule has 88 valence electrons. The minimum Gasteiger partial charge on any atom is -0.315 e. The first-order valence-electron chi connectivity index (χ1n) is 6.15. The molecule has 0 aliphatic heterocycles. The molecule has 1 aliphatic rings. The maximum absolute atomic E-state index is 12.0. The minimum atomic E-state index is 0.171. The molecule has 1 N–H and O–H groups in total. The van der Waals surface area contributed by atoms with Gasteiger partial charge >= 0.3 is 0 Å². The highest BCUT2D eigenvalue weighted by molar-refractivity contribution is 5.30. The highest BCUT2D eigenvalue weighted by Gasteiger charge is 2.16. The number of hydrogen-bond donors (Lipinski definition) is 1. The number of nitrogens with one attached hydrogen (secondary N) is 1. The van der Waals surface area contributed by atoms with E-state index in [0.717, 1.165) is 31.4 Å². The third-order valence-electron chi connectivity index (χ3n) is 3.31. The van der Waals surface area contributed by atoms with Crippen LogP contribution in [0.4, 0.5) is 0 Å². The molecule has 16 heavy (non-hydrogen) atoms. The summed E-state index contributed by atoms with van der Waals surface area (Å²) in [6.45, 7) is 3.81. The van der Waals surface area contributed by atoms with E-state index < -0.39 is 0 Å². The Balaban J connectivity index is 2.26. The zero-order chi connectivity index (χ0) is 11.5. The van der Waals surface area contributed by atoms with Gasteiger partial charge in [0.25, 0.3) is 5.56 Å². The van der Waals surface area contributed by atoms with Crippen molar-refractivity contribution in [2.24, 2.45) is 7.05 Å². The molecule has 2 rings (SSSR count). The Hall–Kier alpha value is -1.09. The summed E-state index contributed by atoms with van der Waals surface area (Å²) in [5.74, 6) is 0. The molecule has 0 aromatic carbocycles. The van der Waals surface area contributed by atoms with Crippen molar-refractivity contribution in [2.45, 2.75) is 39.2 Å². The molecule has 3 nitrogen and oxygen atoms in total. The Morgan fingerprint density at radius 3 is 3.00 bits per heavy atom. The Labute approximate surface area is 96.5 Å². The number of fused-ring (bicyclic) bond motifs is 1. The van der Waals surface area contributed by atoms with Crippen molar-refractivity contribution < 1.29 is 0 Å². The lowest BCUT2D eigenvalue weighted by atomic mass is 10.1. The van der Waals surface area contributed by atoms with Crippen LogP contribution in [-0.2, 0) is 26.4 Å². The summed E-state index contributed by atoms with van der Waals surface area (Å²) >= 11 is 0. The molecule has 1 aromatic rings. The normalized spacial score (nSPS) is 14.1. The van der Waals surface area contributed by atoms with Crippen molar-refractivity contribution in [1.29, 1.82) is 0 Å². The van der Waals surface area contributed by atoms with Gasteiger partial charge in [-0.15, -0.1) is 0 Å². The number of aryl methyl sites for hydroxylation is 1. The molecule has 0 atom stereocenters. The van der Waals surface area contributed by atoms with Gasteiger partial charge in [0.2, 0.25) is 0 Å². The van der Waals surface area contributed by atoms with Gasteiger partial charge in [-0.1, -0.05) is 6.92 Å². The Kier molecular flexibility index (Phi) is 3.44. The lowest BCUT2D eigenvalue weighted by Gasteiger charge is -2.10. The Morgan fingerprint density at radius 2 is 2.25 bits per heavy atom. The number of rotatable bonds is 4. The van der Waals surface area contributed by atoms with E-state index in [-0.39, 0.29) is 5.56 Å². The number of pyridine rings is 1. The van der Waals surface area contributed by atoms with Crippen LogP contribution in [0.2, 0.25) is 0 Å². The largest absolute Gasteiger partial charge is 0.315 e. The van der Waals surface area contributed by atoms with Crippen molar-refractivity contribution in [1.82, 2.24) is 9.88 Å². The molecular formula is C13H20N2O. The van der Waals surface area contributed by atoms with Gasteiger partial charge in [0.05, 0.1) is 0 Å². The van der Waals surface area contributed by atoms with Crippen molar-refractivity contribution in [3.05, 3.63) is 33.2 Å². The Morgan fingerprint density at radius 1 is 1.44 bits per heavy atom. The second-order valence-electron chi connectivity index (χ2n) is 4.54. The fourth-order valence-electron chi connectivity index (χ4n) is 2.43. The summed E-state index contributed by atoms with van der Waals surface area (Å²) in [6, 6.07) is 2.10. The molecule has 0 bridgehead atoms. The standard InChI is InChI=1S/C13H20N2O/c1-3-7-14-9-11-8-10-5-4-6-12(10)15(2)13(11)16/h8,14H,3-7,9H2,1-2H3. The smallest absolute Gasteiger partial charge is 0.255 e. The molecule has 0 fully saturated rings. The van der Waals surface area contributed by atoms with Gasteiger partial charge in [-0.2, -0.15) is 0 Å². The van der Waals surface area contributed by atoms with Gasteiger partial charge in [-0.05, 0) is 43.9 Å². The van der Waals surface area contributed by atoms with E-state index in [1.54, 1.807) is 0 Å². The second kappa shape index (κ2) is 4.83. The average molecular weight is 220 g/mol. The predicted molar refractivity (Wildman–Crippen MR) is 65.7 cm³/mol. The Bertz CT molecular complexity index is 434. The summed E-state index contributed by atoms with van der Waals surface area (Å²) in [5, 5.41) is 3.30. The van der Waals surface area contributed by atoms with E-state index in [1.165, 1.54) is 17.7 Å². The van der Waals surface area contributed by atoms with Crippen LogP contribution in [0, 0.1) is 0 Å². The SMILES string of the molecule is CCCNCc1cc2c(n(C)c1=O)CCC2. The zero-order valence-corrected chi connectivity index (χ0v) is 10.2. The minimum absolute atomic E-state index is 0.171. The van der Waals surface area contributed by atoms with E-state index in [2.05, 4.69) is 18.3 Å². The molecule has 0 radical (unpaired) electrons. The van der Waals surface area contributed by atoms with Crippen LogP contribution in [0.1, 0.15) is 36.6 Å². The van der Waals surface area contributed by atoms with Crippen LogP contribution >= 0.6 is 0 Å². The highest BCUT2D eigenvalue weighted by Crippen LogP contribution is 2.20. The van der Waals surface area contributed by atoms with Gasteiger partial charge in [-0.25, -0.2) is 0 Å². The van der Waals surface area contributed by atoms with Crippen molar-refractivity contribution in [3.8, 4) is 0 Å². The van der Waals surface area contributed by atoms with E-state index in [9.17, 15) is 4.79 Å². The van der Waals surface area contributed by atoms with Gasteiger partial charge in [-0.3, -0.25) is 4.79 Å². The van der Waals surface area contributed by atoms with E-state index in [4.69, 9.17) is 0 Å². The lowest BCUT2D eigenvalue weighted by molar-refractivity contribution is 0.659. The first-order valence-corrected chi connectivity index (χ1v) is 6.15. The molecule has 0 saturated heterocycles. The van der Waals surface area contributed by atoms with Gasteiger partial charge in [0.15, 0.2) is 0 Å². The maximum Gasteiger partial charge on any atom is 0.255 e. The van der Waals surface area contributed by atoms with Crippen molar-refractivity contribution in [2.75, 3.05) is 6.54 Å². The first kappa shape index (κ1) is 11.4. The van der Waals surface area contributed by atoms with Crippen molar-refractivity contribution >= 4 is 0 Å². The number of nitrogens with zero attached hydrogens (tertiary/aromatic N) is 1. The topological polar surface area (TPSA) is 34.0 Å². The fraction of sp³-hybridized carbons (Fsp3) is 0.615. The van der Waals surface area contributed by atoms with Crippen LogP contribution in [0.5, 0.6) is 0 Å². The molecule has 1 aromatic heterocycles. The van der Waals surface area contributed by atoms with Crippen LogP contribution in [0.3, 0.4) is 0 Å². The van der Waals surface area contributed by atoms with Crippen LogP contribution in [0.15, 0.2) is 10.9 Å². The van der Waals surface area contributed by atoms with Crippen LogP contribution < -0.4 is 10.9 Å². The second-order valence-corrected chi connectivity index (χ2v) is 4.54. The number of hydrogen-bond acceptors (Lipinski definition) is 2. The zero-order valence-electron chi connectivity index (χ0n) is 10.2. The molecule has 1 heterocycles. The van der Waals surface area contributed by atoms with Gasteiger partial charge in [0, 0.05) is 24.8 Å². The highest BCUT2D eigenvalue weighted by atomic mass is 16.1. The van der Waals surface area contributed by atoms with Crippen LogP contribution in [-0.4, -0.2) is 11.1 Å². The van der Waals surface area contributed by atoms with Crippen LogP contribution in [0.25, 0.3) is 0 Å². The molecule has 0 spiro atoms. The lowest BCUT2D eigenvalue weighted by Crippen LogP contribution is -2.28. The van der Waals surface area contributed by atoms with E-state index >= 15 is 0 Å². The molecule has 1 aliphatic carbocycles. The predicted octanol–water partition coefficient (Wildman–Crippen LogP) is 1.37. The first-order chi connectivity index (χ1) is 7.74. The van der Waals surface area contributed by atoms with E-state index in [1.807, 2.05) is 11.6 Å².